The van der Waals surface area contributed by atoms with Gasteiger partial charge in [-0.1, -0.05) is 12.1 Å². The summed E-state index contributed by atoms with van der Waals surface area (Å²) in [6.07, 6.45) is 1.80. The molecule has 24 heavy (non-hydrogen) atoms. The summed E-state index contributed by atoms with van der Waals surface area (Å²) in [4.78, 5) is 37.3. The second kappa shape index (κ2) is 6.22. The number of likely N-dealkylation sites (tertiary alicyclic amines) is 1. The van der Waals surface area contributed by atoms with E-state index in [4.69, 9.17) is 5.73 Å². The molecule has 0 spiro atoms. The molecule has 0 unspecified atom stereocenters. The molecule has 1 atom stereocenters. The van der Waals surface area contributed by atoms with Gasteiger partial charge in [0.15, 0.2) is 0 Å². The molecular formula is C17H20FN3O3. The fraction of sp³-hybridized carbons (Fsp3) is 0.471. The Morgan fingerprint density at radius 3 is 2.54 bits per heavy atom. The van der Waals surface area contributed by atoms with Crippen LogP contribution in [0.25, 0.3) is 0 Å². The second-order valence-electron chi connectivity index (χ2n) is 6.54. The van der Waals surface area contributed by atoms with E-state index in [9.17, 15) is 18.8 Å². The van der Waals surface area contributed by atoms with E-state index in [1.807, 2.05) is 0 Å². The molecule has 7 heteroatoms. The van der Waals surface area contributed by atoms with Crippen molar-refractivity contribution in [3.05, 3.63) is 35.6 Å². The molecule has 0 bridgehead atoms. The van der Waals surface area contributed by atoms with Crippen LogP contribution in [0, 0.1) is 11.2 Å². The summed E-state index contributed by atoms with van der Waals surface area (Å²) in [5, 5.41) is 2.78. The maximum absolute atomic E-state index is 12.9. The average molecular weight is 333 g/mol. The summed E-state index contributed by atoms with van der Waals surface area (Å²) in [6, 6.07) is 5.87. The number of hydrogen-bond donors (Lipinski definition) is 2. The van der Waals surface area contributed by atoms with Gasteiger partial charge in [-0.3, -0.25) is 14.4 Å². The molecule has 1 aliphatic heterocycles. The number of halogens is 1. The first-order valence-electron chi connectivity index (χ1n) is 8.04. The minimum atomic E-state index is -1.06. The Labute approximate surface area is 139 Å². The molecule has 3 N–H and O–H groups in total. The molecular weight excluding hydrogens is 313 g/mol. The van der Waals surface area contributed by atoms with Gasteiger partial charge >= 0.3 is 0 Å². The molecule has 3 rings (SSSR count). The molecule has 2 fully saturated rings. The number of nitrogens with zero attached hydrogens (tertiary/aromatic N) is 1. The Hall–Kier alpha value is -2.44. The van der Waals surface area contributed by atoms with Crippen LogP contribution in [0.15, 0.2) is 24.3 Å². The van der Waals surface area contributed by atoms with E-state index in [0.717, 1.165) is 5.56 Å². The van der Waals surface area contributed by atoms with Crippen LogP contribution < -0.4 is 11.1 Å². The Kier molecular flexibility index (Phi) is 4.26. The van der Waals surface area contributed by atoms with E-state index in [1.165, 1.54) is 12.1 Å². The third-order valence-electron chi connectivity index (χ3n) is 4.79. The number of hydrogen-bond acceptors (Lipinski definition) is 3. The van der Waals surface area contributed by atoms with Crippen LogP contribution in [0.2, 0.25) is 0 Å². The smallest absolute Gasteiger partial charge is 0.235 e. The second-order valence-corrected chi connectivity index (χ2v) is 6.54. The molecule has 1 saturated heterocycles. The number of primary amides is 1. The van der Waals surface area contributed by atoms with Crippen LogP contribution in [0.4, 0.5) is 4.39 Å². The number of amides is 3. The van der Waals surface area contributed by atoms with Gasteiger partial charge in [0.25, 0.3) is 0 Å². The van der Waals surface area contributed by atoms with E-state index in [2.05, 4.69) is 5.32 Å². The zero-order valence-electron chi connectivity index (χ0n) is 13.3. The Morgan fingerprint density at radius 1 is 1.29 bits per heavy atom. The van der Waals surface area contributed by atoms with Crippen molar-refractivity contribution in [2.75, 3.05) is 13.1 Å². The highest BCUT2D eigenvalue weighted by Gasteiger charge is 2.56. The lowest BCUT2D eigenvalue weighted by Crippen LogP contribution is -2.45. The van der Waals surface area contributed by atoms with Crippen molar-refractivity contribution in [3.63, 3.8) is 0 Å². The van der Waals surface area contributed by atoms with Gasteiger partial charge < -0.3 is 16.0 Å². The molecule has 1 heterocycles. The van der Waals surface area contributed by atoms with Crippen LogP contribution in [0.3, 0.4) is 0 Å². The number of carbonyl (C=O) groups is 3. The van der Waals surface area contributed by atoms with Gasteiger partial charge in [-0.25, -0.2) is 4.39 Å². The third kappa shape index (κ3) is 3.25. The van der Waals surface area contributed by atoms with E-state index in [0.29, 0.717) is 32.4 Å². The standard InChI is InChI=1S/C17H20FN3O3/c18-12-3-1-11(2-4-12)5-8-21-10-13(9-14(21)22)20-16(24)17(6-7-17)15(19)23/h1-4,13H,5-10H2,(H2,19,23)(H,20,24)/t13-/m0/s1. The monoisotopic (exact) mass is 333 g/mol. The zero-order chi connectivity index (χ0) is 17.3. The first-order valence-corrected chi connectivity index (χ1v) is 8.04. The lowest BCUT2D eigenvalue weighted by molar-refractivity contribution is -0.135. The Bertz CT molecular complexity index is 670. The van der Waals surface area contributed by atoms with Crippen LogP contribution in [-0.2, 0) is 20.8 Å². The van der Waals surface area contributed by atoms with Crippen LogP contribution in [0.1, 0.15) is 24.8 Å². The number of benzene rings is 1. The van der Waals surface area contributed by atoms with E-state index >= 15 is 0 Å². The van der Waals surface area contributed by atoms with Crippen molar-refractivity contribution < 1.29 is 18.8 Å². The van der Waals surface area contributed by atoms with Crippen molar-refractivity contribution in [1.29, 1.82) is 0 Å². The largest absolute Gasteiger partial charge is 0.369 e. The van der Waals surface area contributed by atoms with E-state index < -0.39 is 11.3 Å². The minimum Gasteiger partial charge on any atom is -0.369 e. The number of carbonyl (C=O) groups excluding carboxylic acids is 3. The highest BCUT2D eigenvalue weighted by Crippen LogP contribution is 2.45. The summed E-state index contributed by atoms with van der Waals surface area (Å²) in [6.45, 7) is 0.929. The maximum Gasteiger partial charge on any atom is 0.235 e. The number of rotatable bonds is 6. The normalized spacial score (nSPS) is 21.6. The molecule has 2 aliphatic rings. The number of nitrogens with one attached hydrogen (secondary N) is 1. The number of nitrogens with two attached hydrogens (primary N) is 1. The predicted octanol–water partition coefficient (Wildman–Crippen LogP) is 0.351. The molecule has 6 nitrogen and oxygen atoms in total. The first kappa shape index (κ1) is 16.4. The van der Waals surface area contributed by atoms with E-state index in [-0.39, 0.29) is 30.1 Å². The van der Waals surface area contributed by atoms with Gasteiger partial charge in [-0.05, 0) is 37.0 Å². The van der Waals surface area contributed by atoms with Crippen molar-refractivity contribution in [2.45, 2.75) is 31.7 Å². The summed E-state index contributed by atoms with van der Waals surface area (Å²) in [5.74, 6) is -1.29. The summed E-state index contributed by atoms with van der Waals surface area (Å²) in [5.41, 5.74) is 5.16. The highest BCUT2D eigenvalue weighted by molar-refractivity contribution is 6.07. The molecule has 1 aromatic carbocycles. The minimum absolute atomic E-state index is 0.0358. The Balaban J connectivity index is 1.51. The van der Waals surface area contributed by atoms with Gasteiger partial charge in [0.05, 0.1) is 6.04 Å². The fourth-order valence-electron chi connectivity index (χ4n) is 3.03. The lowest BCUT2D eigenvalue weighted by Gasteiger charge is -2.18. The summed E-state index contributed by atoms with van der Waals surface area (Å²) >= 11 is 0. The maximum atomic E-state index is 12.9. The van der Waals surface area contributed by atoms with Crippen molar-refractivity contribution in [1.82, 2.24) is 10.2 Å². The van der Waals surface area contributed by atoms with Crippen LogP contribution >= 0.6 is 0 Å². The quantitative estimate of drug-likeness (QED) is 0.736. The molecule has 3 amide bonds. The molecule has 1 saturated carbocycles. The van der Waals surface area contributed by atoms with Gasteiger partial charge in [0.1, 0.15) is 11.2 Å². The molecule has 0 aromatic heterocycles. The van der Waals surface area contributed by atoms with Gasteiger partial charge in [0.2, 0.25) is 17.7 Å². The molecule has 1 aliphatic carbocycles. The summed E-state index contributed by atoms with van der Waals surface area (Å²) < 4.78 is 12.9. The zero-order valence-corrected chi connectivity index (χ0v) is 13.3. The molecule has 0 radical (unpaired) electrons. The lowest BCUT2D eigenvalue weighted by atomic mass is 10.1. The predicted molar refractivity (Wildman–Crippen MR) is 84.1 cm³/mol. The van der Waals surface area contributed by atoms with E-state index in [1.54, 1.807) is 17.0 Å². The molecule has 128 valence electrons. The van der Waals surface area contributed by atoms with Crippen molar-refractivity contribution in [3.8, 4) is 0 Å². The highest BCUT2D eigenvalue weighted by atomic mass is 19.1. The van der Waals surface area contributed by atoms with Crippen LogP contribution in [-0.4, -0.2) is 41.8 Å². The van der Waals surface area contributed by atoms with Gasteiger partial charge in [-0.15, -0.1) is 0 Å². The van der Waals surface area contributed by atoms with Gasteiger partial charge in [0, 0.05) is 19.5 Å². The van der Waals surface area contributed by atoms with Crippen molar-refractivity contribution in [2.24, 2.45) is 11.1 Å². The van der Waals surface area contributed by atoms with Gasteiger partial charge in [-0.2, -0.15) is 0 Å². The SMILES string of the molecule is NC(=O)C1(C(=O)N[C@H]2CC(=O)N(CCc3ccc(F)cc3)C2)CC1. The third-order valence-corrected chi connectivity index (χ3v) is 4.79. The topological polar surface area (TPSA) is 92.5 Å². The summed E-state index contributed by atoms with van der Waals surface area (Å²) in [7, 11) is 0. The van der Waals surface area contributed by atoms with Crippen LogP contribution in [0.5, 0.6) is 0 Å². The Morgan fingerprint density at radius 2 is 1.96 bits per heavy atom. The first-order chi connectivity index (χ1) is 11.4. The molecule has 1 aromatic rings. The average Bonchev–Trinajstić information content (AvgIpc) is 3.28. The fourth-order valence-corrected chi connectivity index (χ4v) is 3.03. The van der Waals surface area contributed by atoms with Crippen molar-refractivity contribution >= 4 is 17.7 Å².